The van der Waals surface area contributed by atoms with Crippen molar-refractivity contribution >= 4 is 28.5 Å². The van der Waals surface area contributed by atoms with Gasteiger partial charge in [0.15, 0.2) is 11.6 Å². The lowest BCUT2D eigenvalue weighted by Gasteiger charge is -2.26. The molecule has 31 heavy (non-hydrogen) atoms. The Hall–Kier alpha value is -2.47. The SMILES string of the molecule is CC(C)CN(Cc1nc2ccc(Cl)cc2n1C1CCCC1)C(=O)c1cccc(F)c1F. The molecule has 0 aliphatic heterocycles. The normalized spacial score (nSPS) is 14.6. The number of halogens is 3. The summed E-state index contributed by atoms with van der Waals surface area (Å²) < 4.78 is 30.3. The fourth-order valence-electron chi connectivity index (χ4n) is 4.47. The van der Waals surface area contributed by atoms with E-state index in [2.05, 4.69) is 4.57 Å². The van der Waals surface area contributed by atoms with Crippen LogP contribution >= 0.6 is 11.6 Å². The van der Waals surface area contributed by atoms with Crippen molar-refractivity contribution in [1.29, 1.82) is 0 Å². The molecule has 0 saturated heterocycles. The van der Waals surface area contributed by atoms with Crippen LogP contribution in [0.2, 0.25) is 5.02 Å². The lowest BCUT2D eigenvalue weighted by molar-refractivity contribution is 0.0709. The number of hydrogen-bond acceptors (Lipinski definition) is 2. The molecule has 0 spiro atoms. The zero-order valence-corrected chi connectivity index (χ0v) is 18.5. The lowest BCUT2D eigenvalue weighted by atomic mass is 10.1. The largest absolute Gasteiger partial charge is 0.331 e. The van der Waals surface area contributed by atoms with Crippen molar-refractivity contribution in [2.45, 2.75) is 52.1 Å². The molecule has 1 aromatic heterocycles. The van der Waals surface area contributed by atoms with Crippen molar-refractivity contribution in [3.63, 3.8) is 0 Å². The van der Waals surface area contributed by atoms with Crippen LogP contribution in [0.5, 0.6) is 0 Å². The Bertz CT molecular complexity index is 1110. The van der Waals surface area contributed by atoms with Crippen molar-refractivity contribution in [2.75, 3.05) is 6.54 Å². The Morgan fingerprint density at radius 2 is 1.97 bits per heavy atom. The summed E-state index contributed by atoms with van der Waals surface area (Å²) >= 11 is 6.26. The summed E-state index contributed by atoms with van der Waals surface area (Å²) in [6, 6.07) is 9.59. The molecule has 1 heterocycles. The van der Waals surface area contributed by atoms with Gasteiger partial charge in [0.1, 0.15) is 5.82 Å². The van der Waals surface area contributed by atoms with Crippen LogP contribution in [-0.2, 0) is 6.54 Å². The van der Waals surface area contributed by atoms with E-state index in [0.29, 0.717) is 17.6 Å². The van der Waals surface area contributed by atoms with Gasteiger partial charge in [-0.3, -0.25) is 4.79 Å². The van der Waals surface area contributed by atoms with Gasteiger partial charge in [0, 0.05) is 17.6 Å². The van der Waals surface area contributed by atoms with Crippen LogP contribution in [0.4, 0.5) is 8.78 Å². The van der Waals surface area contributed by atoms with Gasteiger partial charge in [-0.15, -0.1) is 0 Å². The van der Waals surface area contributed by atoms with E-state index in [1.807, 2.05) is 26.0 Å². The van der Waals surface area contributed by atoms with Gasteiger partial charge in [0.2, 0.25) is 0 Å². The predicted molar refractivity (Wildman–Crippen MR) is 118 cm³/mol. The Morgan fingerprint density at radius 3 is 2.68 bits per heavy atom. The number of benzene rings is 2. The van der Waals surface area contributed by atoms with E-state index in [-0.39, 0.29) is 18.0 Å². The van der Waals surface area contributed by atoms with Gasteiger partial charge in [-0.1, -0.05) is 44.4 Å². The quantitative estimate of drug-likeness (QED) is 0.441. The summed E-state index contributed by atoms with van der Waals surface area (Å²) in [6.07, 6.45) is 4.38. The molecule has 0 radical (unpaired) electrons. The minimum atomic E-state index is -1.11. The molecular weight excluding hydrogens is 420 g/mol. The van der Waals surface area contributed by atoms with Gasteiger partial charge >= 0.3 is 0 Å². The number of amides is 1. The molecule has 1 fully saturated rings. The molecule has 0 bridgehead atoms. The zero-order chi connectivity index (χ0) is 22.1. The Morgan fingerprint density at radius 1 is 1.23 bits per heavy atom. The second-order valence-corrected chi connectivity index (χ2v) is 9.09. The number of nitrogens with zero attached hydrogens (tertiary/aromatic N) is 3. The highest BCUT2D eigenvalue weighted by Crippen LogP contribution is 2.35. The summed E-state index contributed by atoms with van der Waals surface area (Å²) in [5.74, 6) is -1.77. The third-order valence-corrected chi connectivity index (χ3v) is 6.04. The Balaban J connectivity index is 1.75. The van der Waals surface area contributed by atoms with E-state index >= 15 is 0 Å². The van der Waals surface area contributed by atoms with Crippen molar-refractivity contribution in [3.05, 3.63) is 64.4 Å². The Labute approximate surface area is 185 Å². The highest BCUT2D eigenvalue weighted by molar-refractivity contribution is 6.31. The second kappa shape index (κ2) is 8.95. The van der Waals surface area contributed by atoms with Crippen LogP contribution < -0.4 is 0 Å². The maximum atomic E-state index is 14.4. The van der Waals surface area contributed by atoms with E-state index in [1.165, 1.54) is 12.1 Å². The molecule has 7 heteroatoms. The monoisotopic (exact) mass is 445 g/mol. The Kier molecular flexibility index (Phi) is 6.28. The molecule has 4 nitrogen and oxygen atoms in total. The van der Waals surface area contributed by atoms with Crippen molar-refractivity contribution in [2.24, 2.45) is 5.92 Å². The summed E-state index contributed by atoms with van der Waals surface area (Å²) in [4.78, 5) is 19.6. The average Bonchev–Trinajstić information content (AvgIpc) is 3.36. The van der Waals surface area contributed by atoms with Gasteiger partial charge in [-0.2, -0.15) is 0 Å². The third-order valence-electron chi connectivity index (χ3n) is 5.80. The zero-order valence-electron chi connectivity index (χ0n) is 17.7. The number of rotatable bonds is 6. The van der Waals surface area contributed by atoms with Crippen molar-refractivity contribution in [3.8, 4) is 0 Å². The standard InChI is InChI=1S/C24H26ClF2N3O/c1-15(2)13-29(24(31)18-8-5-9-19(26)23(18)27)14-22-28-20-11-10-16(25)12-21(20)30(22)17-6-3-4-7-17/h5,8-12,15,17H,3-4,6-7,13-14H2,1-2H3. The number of fused-ring (bicyclic) bond motifs is 1. The first kappa shape index (κ1) is 21.8. The minimum absolute atomic E-state index is 0.152. The summed E-state index contributed by atoms with van der Waals surface area (Å²) in [5.41, 5.74) is 1.51. The summed E-state index contributed by atoms with van der Waals surface area (Å²) in [6.45, 7) is 4.60. The van der Waals surface area contributed by atoms with Gasteiger partial charge in [-0.05, 0) is 49.1 Å². The van der Waals surface area contributed by atoms with Crippen LogP contribution in [0.25, 0.3) is 11.0 Å². The van der Waals surface area contributed by atoms with Gasteiger partial charge in [0.05, 0.1) is 23.1 Å². The maximum Gasteiger partial charge on any atom is 0.257 e. The highest BCUT2D eigenvalue weighted by Gasteiger charge is 2.27. The topological polar surface area (TPSA) is 38.1 Å². The minimum Gasteiger partial charge on any atom is -0.331 e. The molecule has 0 atom stereocenters. The van der Waals surface area contributed by atoms with Gasteiger partial charge in [0.25, 0.3) is 5.91 Å². The molecule has 1 aliphatic carbocycles. The first-order valence-electron chi connectivity index (χ1n) is 10.7. The number of carbonyl (C=O) groups is 1. The number of aromatic nitrogens is 2. The van der Waals surface area contributed by atoms with Crippen LogP contribution in [0, 0.1) is 17.6 Å². The molecule has 1 aliphatic rings. The van der Waals surface area contributed by atoms with Gasteiger partial charge in [-0.25, -0.2) is 13.8 Å². The lowest BCUT2D eigenvalue weighted by Crippen LogP contribution is -2.35. The third kappa shape index (κ3) is 4.45. The maximum absolute atomic E-state index is 14.4. The summed E-state index contributed by atoms with van der Waals surface area (Å²) in [5, 5.41) is 0.634. The van der Waals surface area contributed by atoms with E-state index in [1.54, 1.807) is 11.0 Å². The molecule has 164 valence electrons. The molecule has 3 aromatic rings. The highest BCUT2D eigenvalue weighted by atomic mass is 35.5. The summed E-state index contributed by atoms with van der Waals surface area (Å²) in [7, 11) is 0. The predicted octanol–water partition coefficient (Wildman–Crippen LogP) is 6.38. The number of imidazole rings is 1. The first-order chi connectivity index (χ1) is 14.8. The van der Waals surface area contributed by atoms with Crippen LogP contribution in [0.3, 0.4) is 0 Å². The second-order valence-electron chi connectivity index (χ2n) is 8.65. The number of carbonyl (C=O) groups excluding carboxylic acids is 1. The van der Waals surface area contributed by atoms with E-state index in [4.69, 9.17) is 16.6 Å². The molecule has 1 saturated carbocycles. The van der Waals surface area contributed by atoms with Crippen molar-refractivity contribution < 1.29 is 13.6 Å². The average molecular weight is 446 g/mol. The van der Waals surface area contributed by atoms with Crippen LogP contribution in [0.15, 0.2) is 36.4 Å². The molecule has 1 amide bonds. The van der Waals surface area contributed by atoms with Crippen molar-refractivity contribution in [1.82, 2.24) is 14.5 Å². The van der Waals surface area contributed by atoms with E-state index < -0.39 is 17.5 Å². The van der Waals surface area contributed by atoms with Crippen LogP contribution in [-0.4, -0.2) is 26.9 Å². The van der Waals surface area contributed by atoms with Gasteiger partial charge < -0.3 is 9.47 Å². The molecule has 0 unspecified atom stereocenters. The van der Waals surface area contributed by atoms with E-state index in [9.17, 15) is 13.6 Å². The van der Waals surface area contributed by atoms with Crippen LogP contribution in [0.1, 0.15) is 61.8 Å². The fourth-order valence-corrected chi connectivity index (χ4v) is 4.63. The smallest absolute Gasteiger partial charge is 0.257 e. The number of hydrogen-bond donors (Lipinski definition) is 0. The molecule has 4 rings (SSSR count). The molecule has 0 N–H and O–H groups in total. The van der Waals surface area contributed by atoms with E-state index in [0.717, 1.165) is 48.6 Å². The molecule has 2 aromatic carbocycles. The fraction of sp³-hybridized carbons (Fsp3) is 0.417. The molecular formula is C24H26ClF2N3O. The first-order valence-corrected chi connectivity index (χ1v) is 11.1.